The first-order valence-corrected chi connectivity index (χ1v) is 4.97. The Hall–Kier alpha value is -1.97. The number of allylic oxidation sites excluding steroid dienone is 1. The summed E-state index contributed by atoms with van der Waals surface area (Å²) in [5.41, 5.74) is 0.683. The highest BCUT2D eigenvalue weighted by atomic mass is 16.6. The molecule has 4 heteroatoms. The van der Waals surface area contributed by atoms with Gasteiger partial charge in [-0.25, -0.2) is 0 Å². The monoisotopic (exact) mass is 219 g/mol. The molecule has 0 N–H and O–H groups in total. The summed E-state index contributed by atoms with van der Waals surface area (Å²) >= 11 is 0. The minimum atomic E-state index is -0.457. The fourth-order valence-electron chi connectivity index (χ4n) is 1.11. The van der Waals surface area contributed by atoms with Crippen molar-refractivity contribution < 1.29 is 9.72 Å². The third kappa shape index (κ3) is 3.31. The van der Waals surface area contributed by atoms with Gasteiger partial charge in [-0.2, -0.15) is 0 Å². The van der Waals surface area contributed by atoms with E-state index in [0.29, 0.717) is 5.56 Å². The van der Waals surface area contributed by atoms with Gasteiger partial charge in [0.15, 0.2) is 5.78 Å². The van der Waals surface area contributed by atoms with Crippen LogP contribution in [0.2, 0.25) is 0 Å². The summed E-state index contributed by atoms with van der Waals surface area (Å²) in [7, 11) is 0. The Morgan fingerprint density at radius 3 is 2.69 bits per heavy atom. The number of nitro benzene ring substituents is 1. The Kier molecular flexibility index (Phi) is 3.94. The van der Waals surface area contributed by atoms with Crippen molar-refractivity contribution in [3.63, 3.8) is 0 Å². The lowest BCUT2D eigenvalue weighted by Crippen LogP contribution is -2.01. The zero-order chi connectivity index (χ0) is 12.1. The summed E-state index contributed by atoms with van der Waals surface area (Å²) < 4.78 is 0. The van der Waals surface area contributed by atoms with Crippen LogP contribution < -0.4 is 0 Å². The highest BCUT2D eigenvalue weighted by molar-refractivity contribution is 5.94. The maximum atomic E-state index is 11.3. The average Bonchev–Trinajstić information content (AvgIpc) is 2.26. The van der Waals surface area contributed by atoms with Crippen molar-refractivity contribution in [1.82, 2.24) is 0 Å². The molecule has 0 atom stereocenters. The van der Waals surface area contributed by atoms with Gasteiger partial charge in [0.1, 0.15) is 0 Å². The van der Waals surface area contributed by atoms with E-state index in [1.54, 1.807) is 32.1 Å². The molecule has 1 aromatic carbocycles. The number of hydrogen-bond acceptors (Lipinski definition) is 3. The highest BCUT2D eigenvalue weighted by Crippen LogP contribution is 2.14. The minimum Gasteiger partial charge on any atom is -0.295 e. The summed E-state index contributed by atoms with van der Waals surface area (Å²) in [5, 5.41) is 10.5. The van der Waals surface area contributed by atoms with Crippen LogP contribution in [0, 0.1) is 16.0 Å². The van der Waals surface area contributed by atoms with E-state index in [1.807, 2.05) is 0 Å². The third-order valence-corrected chi connectivity index (χ3v) is 2.09. The van der Waals surface area contributed by atoms with Gasteiger partial charge in [-0.1, -0.05) is 32.1 Å². The topological polar surface area (TPSA) is 60.2 Å². The molecule has 0 saturated carbocycles. The molecule has 0 unspecified atom stereocenters. The van der Waals surface area contributed by atoms with E-state index in [-0.39, 0.29) is 17.4 Å². The van der Waals surface area contributed by atoms with Gasteiger partial charge >= 0.3 is 0 Å². The van der Waals surface area contributed by atoms with Gasteiger partial charge in [-0.15, -0.1) is 0 Å². The second-order valence-corrected chi connectivity index (χ2v) is 3.74. The summed E-state index contributed by atoms with van der Waals surface area (Å²) in [6.07, 6.45) is 3.04. The average molecular weight is 219 g/mol. The molecule has 0 saturated heterocycles. The Bertz CT molecular complexity index is 436. The molecule has 4 nitrogen and oxygen atoms in total. The molecule has 0 radical (unpaired) electrons. The number of nitrogens with zero attached hydrogens (tertiary/aromatic N) is 1. The van der Waals surface area contributed by atoms with Crippen LogP contribution in [-0.4, -0.2) is 10.7 Å². The predicted molar refractivity (Wildman–Crippen MR) is 62.0 cm³/mol. The second kappa shape index (κ2) is 5.21. The van der Waals surface area contributed by atoms with E-state index in [0.717, 1.165) is 0 Å². The molecule has 0 aliphatic rings. The quantitative estimate of drug-likeness (QED) is 0.444. The van der Waals surface area contributed by atoms with E-state index in [9.17, 15) is 14.9 Å². The van der Waals surface area contributed by atoms with Gasteiger partial charge in [0.25, 0.3) is 5.69 Å². The van der Waals surface area contributed by atoms with Crippen LogP contribution in [-0.2, 0) is 4.79 Å². The van der Waals surface area contributed by atoms with Crippen LogP contribution in [0.1, 0.15) is 19.4 Å². The first kappa shape index (κ1) is 12.1. The van der Waals surface area contributed by atoms with Crippen molar-refractivity contribution in [2.24, 2.45) is 5.92 Å². The number of hydrogen-bond donors (Lipinski definition) is 0. The smallest absolute Gasteiger partial charge is 0.270 e. The standard InChI is InChI=1S/C12H13NO3/c1-9(2)12(14)7-6-10-4-3-5-11(8-10)13(15)16/h3-9H,1-2H3. The van der Waals surface area contributed by atoms with Crippen molar-refractivity contribution >= 4 is 17.5 Å². The molecule has 1 rings (SSSR count). The molecule has 0 heterocycles. The lowest BCUT2D eigenvalue weighted by atomic mass is 10.1. The second-order valence-electron chi connectivity index (χ2n) is 3.74. The summed E-state index contributed by atoms with van der Waals surface area (Å²) in [4.78, 5) is 21.4. The van der Waals surface area contributed by atoms with Crippen molar-refractivity contribution in [3.05, 3.63) is 46.0 Å². The molecule has 84 valence electrons. The van der Waals surface area contributed by atoms with Crippen molar-refractivity contribution in [1.29, 1.82) is 0 Å². The first-order valence-electron chi connectivity index (χ1n) is 4.97. The molecule has 0 aliphatic heterocycles. The van der Waals surface area contributed by atoms with Gasteiger partial charge in [0.2, 0.25) is 0 Å². The fourth-order valence-corrected chi connectivity index (χ4v) is 1.11. The number of non-ortho nitro benzene ring substituents is 1. The summed E-state index contributed by atoms with van der Waals surface area (Å²) in [6, 6.07) is 6.17. The summed E-state index contributed by atoms with van der Waals surface area (Å²) in [5.74, 6) is -0.0542. The Morgan fingerprint density at radius 2 is 2.12 bits per heavy atom. The molecule has 0 spiro atoms. The first-order chi connectivity index (χ1) is 7.50. The number of benzene rings is 1. The lowest BCUT2D eigenvalue weighted by molar-refractivity contribution is -0.384. The van der Waals surface area contributed by atoms with Gasteiger partial charge in [0.05, 0.1) is 4.92 Å². The molecule has 0 fully saturated rings. The predicted octanol–water partition coefficient (Wildman–Crippen LogP) is 2.83. The van der Waals surface area contributed by atoms with Crippen LogP contribution in [0.15, 0.2) is 30.3 Å². The van der Waals surface area contributed by atoms with Crippen LogP contribution in [0.3, 0.4) is 0 Å². The van der Waals surface area contributed by atoms with Gasteiger partial charge in [0, 0.05) is 18.1 Å². The van der Waals surface area contributed by atoms with Crippen molar-refractivity contribution in [2.75, 3.05) is 0 Å². The van der Waals surface area contributed by atoms with Gasteiger partial charge < -0.3 is 0 Å². The number of rotatable bonds is 4. The third-order valence-electron chi connectivity index (χ3n) is 2.09. The van der Waals surface area contributed by atoms with E-state index in [1.165, 1.54) is 18.2 Å². The van der Waals surface area contributed by atoms with Gasteiger partial charge in [-0.05, 0) is 11.6 Å². The maximum absolute atomic E-state index is 11.3. The zero-order valence-corrected chi connectivity index (χ0v) is 9.21. The van der Waals surface area contributed by atoms with Crippen LogP contribution in [0.4, 0.5) is 5.69 Å². The molecule has 0 amide bonds. The van der Waals surface area contributed by atoms with Crippen molar-refractivity contribution in [2.45, 2.75) is 13.8 Å². The maximum Gasteiger partial charge on any atom is 0.270 e. The van der Waals surface area contributed by atoms with E-state index >= 15 is 0 Å². The zero-order valence-electron chi connectivity index (χ0n) is 9.21. The molecule has 1 aromatic rings. The molecular formula is C12H13NO3. The number of carbonyl (C=O) groups is 1. The number of carbonyl (C=O) groups excluding carboxylic acids is 1. The van der Waals surface area contributed by atoms with E-state index < -0.39 is 4.92 Å². The minimum absolute atomic E-state index is 0.00602. The molecular weight excluding hydrogens is 206 g/mol. The van der Waals surface area contributed by atoms with Crippen LogP contribution in [0.25, 0.3) is 6.08 Å². The van der Waals surface area contributed by atoms with Gasteiger partial charge in [-0.3, -0.25) is 14.9 Å². The van der Waals surface area contributed by atoms with Crippen molar-refractivity contribution in [3.8, 4) is 0 Å². The number of nitro groups is 1. The highest BCUT2D eigenvalue weighted by Gasteiger charge is 2.05. The molecule has 0 aliphatic carbocycles. The molecule has 0 bridgehead atoms. The summed E-state index contributed by atoms with van der Waals surface area (Å²) in [6.45, 7) is 3.61. The van der Waals surface area contributed by atoms with Crippen LogP contribution >= 0.6 is 0 Å². The normalized spacial score (nSPS) is 10.9. The number of ketones is 1. The molecule has 16 heavy (non-hydrogen) atoms. The Morgan fingerprint density at radius 1 is 1.44 bits per heavy atom. The largest absolute Gasteiger partial charge is 0.295 e. The Labute approximate surface area is 93.7 Å². The van der Waals surface area contributed by atoms with E-state index in [2.05, 4.69) is 0 Å². The Balaban J connectivity index is 2.86. The lowest BCUT2D eigenvalue weighted by Gasteiger charge is -1.97. The van der Waals surface area contributed by atoms with Crippen LogP contribution in [0.5, 0.6) is 0 Å². The van der Waals surface area contributed by atoms with E-state index in [4.69, 9.17) is 0 Å². The molecule has 0 aromatic heterocycles. The fraction of sp³-hybridized carbons (Fsp3) is 0.250. The SMILES string of the molecule is CC(C)C(=O)C=Cc1cccc([N+](=O)[O-])c1.